The first-order chi connectivity index (χ1) is 9.15. The Balaban J connectivity index is 2.11. The molecular formula is C14H13N3O2. The second-order valence-corrected chi connectivity index (χ2v) is 3.90. The van der Waals surface area contributed by atoms with Crippen molar-refractivity contribution in [3.05, 3.63) is 54.1 Å². The number of azo groups is 1. The summed E-state index contributed by atoms with van der Waals surface area (Å²) in [6.45, 7) is 1.97. The number of ether oxygens (including phenoxy) is 1. The van der Waals surface area contributed by atoms with Crippen LogP contribution in [0.15, 0.2) is 58.8 Å². The Labute approximate surface area is 110 Å². The van der Waals surface area contributed by atoms with Crippen LogP contribution < -0.4 is 10.5 Å². The maximum absolute atomic E-state index is 10.6. The molecule has 0 aromatic heterocycles. The molecule has 2 aromatic rings. The number of benzene rings is 2. The molecule has 0 aliphatic rings. The van der Waals surface area contributed by atoms with Crippen molar-refractivity contribution >= 4 is 17.5 Å². The van der Waals surface area contributed by atoms with Crippen molar-refractivity contribution in [2.75, 3.05) is 0 Å². The number of carbonyl (C=O) groups is 1. The molecule has 0 aliphatic carbocycles. The molecule has 0 unspecified atom stereocenters. The molecule has 5 nitrogen and oxygen atoms in total. The smallest absolute Gasteiger partial charge is 0.409 e. The predicted molar refractivity (Wildman–Crippen MR) is 72.0 cm³/mol. The first-order valence-electron chi connectivity index (χ1n) is 5.70. The lowest BCUT2D eigenvalue weighted by molar-refractivity contribution is 0.211. The Kier molecular flexibility index (Phi) is 3.87. The summed E-state index contributed by atoms with van der Waals surface area (Å²) < 4.78 is 4.72. The van der Waals surface area contributed by atoms with E-state index in [1.807, 2.05) is 31.2 Å². The van der Waals surface area contributed by atoms with Gasteiger partial charge in [-0.3, -0.25) is 0 Å². The Hall–Kier alpha value is -2.69. The molecule has 0 heterocycles. The summed E-state index contributed by atoms with van der Waals surface area (Å²) in [5.41, 5.74) is 7.45. The van der Waals surface area contributed by atoms with Crippen LogP contribution in [-0.2, 0) is 0 Å². The highest BCUT2D eigenvalue weighted by Gasteiger charge is 1.98. The van der Waals surface area contributed by atoms with Gasteiger partial charge in [-0.2, -0.15) is 10.2 Å². The van der Waals surface area contributed by atoms with Crippen LogP contribution in [0.4, 0.5) is 16.2 Å². The SMILES string of the molecule is Cc1ccccc1N=Nc1ccc(OC(N)=O)cc1. The monoisotopic (exact) mass is 255 g/mol. The molecule has 96 valence electrons. The number of primary amides is 1. The van der Waals surface area contributed by atoms with Gasteiger partial charge >= 0.3 is 6.09 Å². The van der Waals surface area contributed by atoms with Crippen LogP contribution in [0.2, 0.25) is 0 Å². The molecule has 0 saturated heterocycles. The van der Waals surface area contributed by atoms with Crippen molar-refractivity contribution in [1.29, 1.82) is 0 Å². The zero-order valence-electron chi connectivity index (χ0n) is 10.4. The first-order valence-corrected chi connectivity index (χ1v) is 5.70. The number of hydrogen-bond donors (Lipinski definition) is 1. The maximum Gasteiger partial charge on any atom is 0.409 e. The van der Waals surface area contributed by atoms with Gasteiger partial charge in [0.25, 0.3) is 0 Å². The van der Waals surface area contributed by atoms with E-state index in [0.717, 1.165) is 11.3 Å². The summed E-state index contributed by atoms with van der Waals surface area (Å²) in [4.78, 5) is 10.6. The van der Waals surface area contributed by atoms with Gasteiger partial charge in [-0.15, -0.1) is 0 Å². The third-order valence-corrected chi connectivity index (χ3v) is 2.44. The Morgan fingerprint density at radius 1 is 1.05 bits per heavy atom. The molecule has 0 radical (unpaired) electrons. The average molecular weight is 255 g/mol. The zero-order chi connectivity index (χ0) is 13.7. The van der Waals surface area contributed by atoms with E-state index >= 15 is 0 Å². The molecule has 0 fully saturated rings. The molecule has 0 aliphatic heterocycles. The largest absolute Gasteiger partial charge is 0.411 e. The molecule has 5 heteroatoms. The van der Waals surface area contributed by atoms with Crippen molar-refractivity contribution in [1.82, 2.24) is 0 Å². The van der Waals surface area contributed by atoms with Crippen LogP contribution in [0.5, 0.6) is 5.75 Å². The molecule has 0 bridgehead atoms. The summed E-state index contributed by atoms with van der Waals surface area (Å²) in [5, 5.41) is 8.27. The van der Waals surface area contributed by atoms with Crippen LogP contribution in [0.3, 0.4) is 0 Å². The topological polar surface area (TPSA) is 77.0 Å². The standard InChI is InChI=1S/C14H13N3O2/c1-10-4-2-3-5-13(10)17-16-11-6-8-12(9-7-11)19-14(15)18/h2-9H,1H3,(H2,15,18). The van der Waals surface area contributed by atoms with E-state index < -0.39 is 6.09 Å². The zero-order valence-corrected chi connectivity index (χ0v) is 10.4. The summed E-state index contributed by atoms with van der Waals surface area (Å²) in [6.07, 6.45) is -0.839. The van der Waals surface area contributed by atoms with Crippen LogP contribution in [0.1, 0.15) is 5.56 Å². The minimum Gasteiger partial charge on any atom is -0.411 e. The average Bonchev–Trinajstić information content (AvgIpc) is 2.39. The molecule has 2 N–H and O–H groups in total. The van der Waals surface area contributed by atoms with E-state index in [2.05, 4.69) is 10.2 Å². The normalized spacial score (nSPS) is 10.6. The maximum atomic E-state index is 10.6. The minimum atomic E-state index is -0.839. The molecule has 0 spiro atoms. The fourth-order valence-electron chi connectivity index (χ4n) is 1.48. The lowest BCUT2D eigenvalue weighted by Crippen LogP contribution is -2.15. The fraction of sp³-hybridized carbons (Fsp3) is 0.0714. The second-order valence-electron chi connectivity index (χ2n) is 3.90. The van der Waals surface area contributed by atoms with Crippen LogP contribution in [0, 0.1) is 6.92 Å². The lowest BCUT2D eigenvalue weighted by atomic mass is 10.2. The first kappa shape index (κ1) is 12.8. The number of nitrogens with two attached hydrogens (primary N) is 1. The quantitative estimate of drug-likeness (QED) is 0.845. The van der Waals surface area contributed by atoms with E-state index in [-0.39, 0.29) is 0 Å². The molecule has 0 saturated carbocycles. The van der Waals surface area contributed by atoms with Crippen LogP contribution in [0.25, 0.3) is 0 Å². The van der Waals surface area contributed by atoms with Gasteiger partial charge in [-0.25, -0.2) is 4.79 Å². The highest BCUT2D eigenvalue weighted by atomic mass is 16.5. The Bertz CT molecular complexity index is 606. The van der Waals surface area contributed by atoms with Crippen molar-refractivity contribution in [3.63, 3.8) is 0 Å². The third-order valence-electron chi connectivity index (χ3n) is 2.44. The molecule has 2 rings (SSSR count). The predicted octanol–water partition coefficient (Wildman–Crippen LogP) is 3.87. The highest BCUT2D eigenvalue weighted by molar-refractivity contribution is 5.68. The number of carbonyl (C=O) groups excluding carboxylic acids is 1. The van der Waals surface area contributed by atoms with Gasteiger partial charge in [0.05, 0.1) is 11.4 Å². The van der Waals surface area contributed by atoms with Gasteiger partial charge in [0.2, 0.25) is 0 Å². The van der Waals surface area contributed by atoms with Gasteiger partial charge < -0.3 is 10.5 Å². The van der Waals surface area contributed by atoms with E-state index in [0.29, 0.717) is 11.4 Å². The number of rotatable bonds is 3. The number of nitrogens with zero attached hydrogens (tertiary/aromatic N) is 2. The molecule has 0 atom stereocenters. The molecule has 2 aromatic carbocycles. The molecule has 1 amide bonds. The van der Waals surface area contributed by atoms with Gasteiger partial charge in [-0.1, -0.05) is 18.2 Å². The van der Waals surface area contributed by atoms with Crippen molar-refractivity contribution < 1.29 is 9.53 Å². The van der Waals surface area contributed by atoms with E-state index in [9.17, 15) is 4.79 Å². The second kappa shape index (κ2) is 5.77. The summed E-state index contributed by atoms with van der Waals surface area (Å²) >= 11 is 0. The van der Waals surface area contributed by atoms with Gasteiger partial charge in [0.1, 0.15) is 5.75 Å². The van der Waals surface area contributed by atoms with Gasteiger partial charge in [-0.05, 0) is 42.8 Å². The van der Waals surface area contributed by atoms with E-state index in [1.54, 1.807) is 24.3 Å². The summed E-state index contributed by atoms with van der Waals surface area (Å²) in [7, 11) is 0. The van der Waals surface area contributed by atoms with Gasteiger partial charge in [0.15, 0.2) is 0 Å². The molecular weight excluding hydrogens is 242 g/mol. The van der Waals surface area contributed by atoms with Crippen molar-refractivity contribution in [2.45, 2.75) is 6.92 Å². The van der Waals surface area contributed by atoms with E-state index in [4.69, 9.17) is 10.5 Å². The van der Waals surface area contributed by atoms with E-state index in [1.165, 1.54) is 0 Å². The van der Waals surface area contributed by atoms with Crippen molar-refractivity contribution in [3.8, 4) is 5.75 Å². The number of amides is 1. The minimum absolute atomic E-state index is 0.377. The number of hydrogen-bond acceptors (Lipinski definition) is 4. The Morgan fingerprint density at radius 3 is 2.37 bits per heavy atom. The number of aryl methyl sites for hydroxylation is 1. The van der Waals surface area contributed by atoms with Gasteiger partial charge in [0, 0.05) is 0 Å². The third kappa shape index (κ3) is 3.64. The molecule has 19 heavy (non-hydrogen) atoms. The fourth-order valence-corrected chi connectivity index (χ4v) is 1.48. The van der Waals surface area contributed by atoms with Crippen LogP contribution >= 0.6 is 0 Å². The Morgan fingerprint density at radius 2 is 1.74 bits per heavy atom. The van der Waals surface area contributed by atoms with Crippen molar-refractivity contribution in [2.24, 2.45) is 16.0 Å². The summed E-state index contributed by atoms with van der Waals surface area (Å²) in [5.74, 6) is 0.377. The highest BCUT2D eigenvalue weighted by Crippen LogP contribution is 2.23. The lowest BCUT2D eigenvalue weighted by Gasteiger charge is -2.00. The van der Waals surface area contributed by atoms with Crippen LogP contribution in [-0.4, -0.2) is 6.09 Å². The summed E-state index contributed by atoms with van der Waals surface area (Å²) in [6, 6.07) is 14.3.